The molecule has 0 unspecified atom stereocenters. The van der Waals surface area contributed by atoms with Gasteiger partial charge in [0.05, 0.1) is 0 Å². The van der Waals surface area contributed by atoms with E-state index in [0.717, 1.165) is 18.5 Å². The van der Waals surface area contributed by atoms with Gasteiger partial charge in [0.25, 0.3) is 0 Å². The van der Waals surface area contributed by atoms with Gasteiger partial charge < -0.3 is 10.6 Å². The van der Waals surface area contributed by atoms with E-state index in [9.17, 15) is 9.59 Å². The van der Waals surface area contributed by atoms with Crippen LogP contribution >= 0.6 is 0 Å². The number of hydrogen-bond acceptors (Lipinski definition) is 2. The summed E-state index contributed by atoms with van der Waals surface area (Å²) in [5.41, 5.74) is 2.08. The van der Waals surface area contributed by atoms with Crippen molar-refractivity contribution in [3.05, 3.63) is 29.8 Å². The topological polar surface area (TPSA) is 58.2 Å². The largest absolute Gasteiger partial charge is 0.353 e. The molecule has 2 N–H and O–H groups in total. The maximum Gasteiger partial charge on any atom is 0.227 e. The highest BCUT2D eigenvalue weighted by molar-refractivity contribution is 5.96. The van der Waals surface area contributed by atoms with Crippen molar-refractivity contribution in [2.75, 3.05) is 5.32 Å². The van der Waals surface area contributed by atoms with E-state index in [2.05, 4.69) is 37.5 Å². The second kappa shape index (κ2) is 8.24. The van der Waals surface area contributed by atoms with Crippen LogP contribution in [0.1, 0.15) is 58.4 Å². The molecule has 0 bridgehead atoms. The van der Waals surface area contributed by atoms with E-state index in [-0.39, 0.29) is 23.8 Å². The van der Waals surface area contributed by atoms with Crippen molar-refractivity contribution in [1.82, 2.24) is 5.32 Å². The Morgan fingerprint density at radius 2 is 2.04 bits per heavy atom. The second-order valence-electron chi connectivity index (χ2n) is 8.59. The first-order valence-electron chi connectivity index (χ1n) is 10.1. The minimum Gasteiger partial charge on any atom is -0.353 e. The zero-order valence-corrected chi connectivity index (χ0v) is 16.3. The minimum absolute atomic E-state index is 0.0443. The van der Waals surface area contributed by atoms with Gasteiger partial charge in [-0.15, -0.1) is 0 Å². The molecule has 1 saturated carbocycles. The minimum atomic E-state index is -0.109. The summed E-state index contributed by atoms with van der Waals surface area (Å²) >= 11 is 0. The molecule has 26 heavy (non-hydrogen) atoms. The first-order valence-corrected chi connectivity index (χ1v) is 10.1. The van der Waals surface area contributed by atoms with Crippen LogP contribution in [0.2, 0.25) is 0 Å². The number of carbonyl (C=O) groups excluding carboxylic acids is 2. The second-order valence-corrected chi connectivity index (χ2v) is 8.59. The lowest BCUT2D eigenvalue weighted by molar-refractivity contribution is -0.124. The highest BCUT2D eigenvalue weighted by Gasteiger charge is 2.32. The lowest BCUT2D eigenvalue weighted by Crippen LogP contribution is -2.45. The molecular weight excluding hydrogens is 324 g/mol. The molecule has 4 nitrogen and oxygen atoms in total. The van der Waals surface area contributed by atoms with Crippen LogP contribution in [0.25, 0.3) is 0 Å². The van der Waals surface area contributed by atoms with E-state index < -0.39 is 0 Å². The summed E-state index contributed by atoms with van der Waals surface area (Å²) in [6.45, 7) is 6.78. The van der Waals surface area contributed by atoms with E-state index in [4.69, 9.17) is 0 Å². The fraction of sp³-hybridized carbons (Fsp3) is 0.636. The quantitative estimate of drug-likeness (QED) is 0.832. The molecule has 2 amide bonds. The van der Waals surface area contributed by atoms with Crippen LogP contribution in [0.3, 0.4) is 0 Å². The molecule has 142 valence electrons. The molecule has 1 aromatic rings. The molecular formula is C22H32N2O2. The highest BCUT2D eigenvalue weighted by atomic mass is 16.2. The fourth-order valence-electron chi connectivity index (χ4n) is 4.60. The van der Waals surface area contributed by atoms with Crippen LogP contribution < -0.4 is 10.6 Å². The molecule has 1 fully saturated rings. The van der Waals surface area contributed by atoms with Crippen LogP contribution in [0, 0.1) is 23.7 Å². The molecule has 0 radical (unpaired) electrons. The van der Waals surface area contributed by atoms with Crippen molar-refractivity contribution >= 4 is 17.5 Å². The van der Waals surface area contributed by atoms with Crippen LogP contribution in [0.15, 0.2) is 24.3 Å². The molecule has 3 rings (SSSR count). The van der Waals surface area contributed by atoms with Gasteiger partial charge in [0.1, 0.15) is 0 Å². The number of carbonyl (C=O) groups is 2. The fourth-order valence-corrected chi connectivity index (χ4v) is 4.60. The van der Waals surface area contributed by atoms with Gasteiger partial charge in [-0.25, -0.2) is 0 Å². The first kappa shape index (κ1) is 18.9. The van der Waals surface area contributed by atoms with Crippen LogP contribution in [-0.4, -0.2) is 17.9 Å². The average molecular weight is 357 g/mol. The number of fused-ring (bicyclic) bond motifs is 1. The number of nitrogens with one attached hydrogen (secondary N) is 2. The monoisotopic (exact) mass is 356 g/mol. The van der Waals surface area contributed by atoms with Gasteiger partial charge in [0.2, 0.25) is 11.8 Å². The van der Waals surface area contributed by atoms with E-state index >= 15 is 0 Å². The molecule has 0 saturated heterocycles. The average Bonchev–Trinajstić information content (AvgIpc) is 2.59. The van der Waals surface area contributed by atoms with E-state index in [1.165, 1.54) is 18.4 Å². The van der Waals surface area contributed by atoms with Crippen molar-refractivity contribution < 1.29 is 9.59 Å². The van der Waals surface area contributed by atoms with Crippen molar-refractivity contribution in [3.63, 3.8) is 0 Å². The predicted octanol–water partition coefficient (Wildman–Crippen LogP) is 4.15. The summed E-state index contributed by atoms with van der Waals surface area (Å²) in [6, 6.07) is 8.21. The number of anilines is 1. The normalized spacial score (nSPS) is 28.4. The van der Waals surface area contributed by atoms with Crippen LogP contribution in [0.4, 0.5) is 5.69 Å². The van der Waals surface area contributed by atoms with Crippen molar-refractivity contribution in [1.29, 1.82) is 0 Å². The van der Waals surface area contributed by atoms with Gasteiger partial charge in [0, 0.05) is 24.1 Å². The molecule has 1 aliphatic carbocycles. The van der Waals surface area contributed by atoms with Gasteiger partial charge in [-0.05, 0) is 55.1 Å². The van der Waals surface area contributed by atoms with E-state index in [1.807, 2.05) is 18.2 Å². The Balaban J connectivity index is 1.53. The Kier molecular flexibility index (Phi) is 6.00. The molecule has 4 heteroatoms. The predicted molar refractivity (Wildman–Crippen MR) is 105 cm³/mol. The smallest absolute Gasteiger partial charge is 0.227 e. The standard InChI is InChI=1S/C22H32N2O2/c1-14(2)18-10-8-15(3)12-20(18)23-21(25)11-9-17-13-16-6-4-5-7-19(16)24-22(17)26/h4-7,14-15,17-18,20H,8-13H2,1-3H3,(H,23,25)(H,24,26)/t15-,17+,18-,20+/m1/s1. The third-order valence-electron chi connectivity index (χ3n) is 6.20. The summed E-state index contributed by atoms with van der Waals surface area (Å²) < 4.78 is 0. The highest BCUT2D eigenvalue weighted by Crippen LogP contribution is 2.33. The van der Waals surface area contributed by atoms with Gasteiger partial charge in [-0.3, -0.25) is 9.59 Å². The van der Waals surface area contributed by atoms with Gasteiger partial charge in [-0.1, -0.05) is 45.4 Å². The zero-order chi connectivity index (χ0) is 18.7. The van der Waals surface area contributed by atoms with Gasteiger partial charge in [-0.2, -0.15) is 0 Å². The number of hydrogen-bond donors (Lipinski definition) is 2. The molecule has 0 aromatic heterocycles. The number of benzene rings is 1. The maximum absolute atomic E-state index is 12.5. The third kappa shape index (κ3) is 4.46. The van der Waals surface area contributed by atoms with Crippen molar-refractivity contribution in [2.45, 2.75) is 65.3 Å². The van der Waals surface area contributed by atoms with Crippen molar-refractivity contribution in [3.8, 4) is 0 Å². The van der Waals surface area contributed by atoms with Crippen LogP contribution in [0.5, 0.6) is 0 Å². The Morgan fingerprint density at radius 3 is 2.81 bits per heavy atom. The lowest BCUT2D eigenvalue weighted by Gasteiger charge is -2.38. The van der Waals surface area contributed by atoms with Gasteiger partial charge >= 0.3 is 0 Å². The Labute approximate surface area is 157 Å². The molecule has 1 aliphatic heterocycles. The molecule has 0 spiro atoms. The van der Waals surface area contributed by atoms with E-state index in [0.29, 0.717) is 30.6 Å². The first-order chi connectivity index (χ1) is 12.4. The summed E-state index contributed by atoms with van der Waals surface area (Å²) in [4.78, 5) is 24.8. The summed E-state index contributed by atoms with van der Waals surface area (Å²) in [7, 11) is 0. The molecule has 1 aromatic carbocycles. The Morgan fingerprint density at radius 1 is 1.27 bits per heavy atom. The van der Waals surface area contributed by atoms with Crippen molar-refractivity contribution in [2.24, 2.45) is 23.7 Å². The lowest BCUT2D eigenvalue weighted by atomic mass is 9.74. The molecule has 1 heterocycles. The third-order valence-corrected chi connectivity index (χ3v) is 6.20. The number of para-hydroxylation sites is 1. The van der Waals surface area contributed by atoms with Gasteiger partial charge in [0.15, 0.2) is 0 Å². The molecule has 4 atom stereocenters. The van der Waals surface area contributed by atoms with Crippen LogP contribution in [-0.2, 0) is 16.0 Å². The van der Waals surface area contributed by atoms with E-state index in [1.54, 1.807) is 0 Å². The summed E-state index contributed by atoms with van der Waals surface area (Å²) in [6.07, 6.45) is 5.30. The summed E-state index contributed by atoms with van der Waals surface area (Å²) in [5, 5.41) is 6.26. The maximum atomic E-state index is 12.5. The SMILES string of the molecule is CC(C)[C@H]1CC[C@@H](C)C[C@@H]1NC(=O)CC[C@H]1Cc2ccccc2NC1=O. The summed E-state index contributed by atoms with van der Waals surface area (Å²) in [5.74, 6) is 1.87. The number of rotatable bonds is 5. The zero-order valence-electron chi connectivity index (χ0n) is 16.3. The Hall–Kier alpha value is -1.84. The Bertz CT molecular complexity index is 655. The number of amides is 2. The molecule has 2 aliphatic rings.